The highest BCUT2D eigenvalue weighted by atomic mass is 16.5. The minimum atomic E-state index is -0.881. The molecule has 1 aliphatic heterocycles. The summed E-state index contributed by atoms with van der Waals surface area (Å²) >= 11 is 0. The van der Waals surface area contributed by atoms with Gasteiger partial charge in [-0.3, -0.25) is 14.4 Å². The molecule has 0 bridgehead atoms. The van der Waals surface area contributed by atoms with E-state index >= 15 is 0 Å². The van der Waals surface area contributed by atoms with Gasteiger partial charge in [0.05, 0.1) is 25.5 Å². The third-order valence-electron chi connectivity index (χ3n) is 6.78. The lowest BCUT2D eigenvalue weighted by molar-refractivity contribution is -0.144. The third kappa shape index (κ3) is 6.46. The standard InChI is InChI=1S/C26H36N6O5/c1-26(2,3)23(32-15-20(29-30-32)17-7-8-17)25(36)31-14-18(33)11-21(31)24(35)28-13-22(34)27-12-16-5-9-19(37-4)10-6-16/h5-6,9-10,15,17-18,21,23,33H,7-8,11-14H2,1-4H3,(H,27,34)(H,28,35)/t18-,21+,23-/m1/s1. The minimum Gasteiger partial charge on any atom is -0.497 e. The number of carbonyl (C=O) groups is 3. The van der Waals surface area contributed by atoms with Crippen molar-refractivity contribution in [1.82, 2.24) is 30.5 Å². The van der Waals surface area contributed by atoms with Crippen molar-refractivity contribution in [2.24, 2.45) is 5.41 Å². The summed E-state index contributed by atoms with van der Waals surface area (Å²) in [6.07, 6.45) is 3.23. The normalized spacial score (nSPS) is 20.4. The first-order valence-corrected chi connectivity index (χ1v) is 12.6. The number of likely N-dealkylation sites (tertiary alicyclic amines) is 1. The largest absolute Gasteiger partial charge is 0.497 e. The van der Waals surface area contributed by atoms with Crippen LogP contribution >= 0.6 is 0 Å². The molecule has 4 rings (SSSR count). The zero-order valence-electron chi connectivity index (χ0n) is 21.8. The Hall–Kier alpha value is -3.47. The van der Waals surface area contributed by atoms with Gasteiger partial charge in [-0.2, -0.15) is 0 Å². The Morgan fingerprint density at radius 3 is 2.49 bits per heavy atom. The molecule has 11 heteroatoms. The fourth-order valence-electron chi connectivity index (χ4n) is 4.62. The van der Waals surface area contributed by atoms with Gasteiger partial charge in [-0.05, 0) is 36.0 Å². The molecule has 0 spiro atoms. The van der Waals surface area contributed by atoms with Gasteiger partial charge in [0.25, 0.3) is 0 Å². The number of aromatic nitrogens is 3. The number of amides is 3. The van der Waals surface area contributed by atoms with Crippen LogP contribution < -0.4 is 15.4 Å². The number of ether oxygens (including phenoxy) is 1. The maximum absolute atomic E-state index is 13.7. The second-order valence-corrected chi connectivity index (χ2v) is 10.9. The van der Waals surface area contributed by atoms with Gasteiger partial charge in [0, 0.05) is 31.6 Å². The van der Waals surface area contributed by atoms with Crippen LogP contribution in [0.5, 0.6) is 5.75 Å². The number of hydrogen-bond acceptors (Lipinski definition) is 7. The first-order valence-electron chi connectivity index (χ1n) is 12.6. The van der Waals surface area contributed by atoms with Crippen molar-refractivity contribution in [3.05, 3.63) is 41.7 Å². The van der Waals surface area contributed by atoms with E-state index in [2.05, 4.69) is 20.9 Å². The van der Waals surface area contributed by atoms with E-state index in [-0.39, 0.29) is 31.3 Å². The van der Waals surface area contributed by atoms with E-state index < -0.39 is 29.5 Å². The number of hydrogen-bond donors (Lipinski definition) is 3. The van der Waals surface area contributed by atoms with E-state index in [0.717, 1.165) is 29.8 Å². The quantitative estimate of drug-likeness (QED) is 0.458. The molecule has 2 heterocycles. The van der Waals surface area contributed by atoms with Crippen LogP contribution in [0.25, 0.3) is 0 Å². The van der Waals surface area contributed by atoms with Gasteiger partial charge in [-0.15, -0.1) is 5.10 Å². The van der Waals surface area contributed by atoms with Crippen molar-refractivity contribution < 1.29 is 24.2 Å². The number of nitrogens with zero attached hydrogens (tertiary/aromatic N) is 4. The third-order valence-corrected chi connectivity index (χ3v) is 6.78. The monoisotopic (exact) mass is 512 g/mol. The molecule has 1 saturated carbocycles. The molecule has 3 N–H and O–H groups in total. The number of carbonyl (C=O) groups excluding carboxylic acids is 3. The van der Waals surface area contributed by atoms with E-state index in [0.29, 0.717) is 12.5 Å². The Bertz CT molecular complexity index is 1120. The van der Waals surface area contributed by atoms with Crippen molar-refractivity contribution in [2.45, 2.75) is 70.7 Å². The van der Waals surface area contributed by atoms with Gasteiger partial charge < -0.3 is 25.4 Å². The molecule has 1 aromatic carbocycles. The fourth-order valence-corrected chi connectivity index (χ4v) is 4.62. The molecule has 2 aromatic rings. The lowest BCUT2D eigenvalue weighted by atomic mass is 9.85. The minimum absolute atomic E-state index is 0.0390. The van der Waals surface area contributed by atoms with Crippen LogP contribution in [0.2, 0.25) is 0 Å². The van der Waals surface area contributed by atoms with E-state index in [1.54, 1.807) is 23.9 Å². The van der Waals surface area contributed by atoms with Gasteiger partial charge in [-0.1, -0.05) is 38.1 Å². The zero-order valence-corrected chi connectivity index (χ0v) is 21.8. The van der Waals surface area contributed by atoms with Crippen LogP contribution in [-0.2, 0) is 20.9 Å². The topological polar surface area (TPSA) is 139 Å². The summed E-state index contributed by atoms with van der Waals surface area (Å²) in [5.41, 5.74) is 1.25. The molecule has 37 heavy (non-hydrogen) atoms. The Morgan fingerprint density at radius 2 is 1.86 bits per heavy atom. The van der Waals surface area contributed by atoms with Gasteiger partial charge in [0.2, 0.25) is 17.7 Å². The lowest BCUT2D eigenvalue weighted by Crippen LogP contribution is -2.51. The number of nitrogens with one attached hydrogen (secondary N) is 2. The molecule has 0 radical (unpaired) electrons. The maximum atomic E-state index is 13.7. The first-order chi connectivity index (χ1) is 17.6. The average Bonchev–Trinajstić information content (AvgIpc) is 3.47. The highest BCUT2D eigenvalue weighted by Gasteiger charge is 2.45. The molecular formula is C26H36N6O5. The van der Waals surface area contributed by atoms with Crippen molar-refractivity contribution in [2.75, 3.05) is 20.2 Å². The first kappa shape index (κ1) is 26.6. The molecular weight excluding hydrogens is 476 g/mol. The summed E-state index contributed by atoms with van der Waals surface area (Å²) in [6, 6.07) is 5.72. The molecule has 2 fully saturated rings. The summed E-state index contributed by atoms with van der Waals surface area (Å²) < 4.78 is 6.71. The maximum Gasteiger partial charge on any atom is 0.248 e. The van der Waals surface area contributed by atoms with E-state index in [4.69, 9.17) is 4.74 Å². The average molecular weight is 513 g/mol. The van der Waals surface area contributed by atoms with Crippen LogP contribution in [0.1, 0.15) is 63.3 Å². The molecule has 2 aliphatic rings. The Morgan fingerprint density at radius 1 is 1.16 bits per heavy atom. The predicted octanol–water partition coefficient (Wildman–Crippen LogP) is 1.15. The SMILES string of the molecule is COc1ccc(CNC(=O)CNC(=O)[C@@H]2C[C@@H](O)CN2C(=O)[C@@H](n2cc(C3CC3)nn2)C(C)(C)C)cc1. The molecule has 3 atom stereocenters. The van der Waals surface area contributed by atoms with Gasteiger partial charge in [0.15, 0.2) is 0 Å². The van der Waals surface area contributed by atoms with Gasteiger partial charge in [0.1, 0.15) is 17.8 Å². The Balaban J connectivity index is 1.37. The molecule has 200 valence electrons. The predicted molar refractivity (Wildman–Crippen MR) is 134 cm³/mol. The molecule has 3 amide bonds. The molecule has 11 nitrogen and oxygen atoms in total. The number of β-amino-alcohol motifs (C(OH)–C–C–N with tert-alkyl or cyclic N) is 1. The number of aliphatic hydroxyl groups is 1. The van der Waals surface area contributed by atoms with Crippen molar-refractivity contribution in [1.29, 1.82) is 0 Å². The van der Waals surface area contributed by atoms with Gasteiger partial charge >= 0.3 is 0 Å². The highest BCUT2D eigenvalue weighted by molar-refractivity contribution is 5.92. The highest BCUT2D eigenvalue weighted by Crippen LogP contribution is 2.40. The molecule has 1 aliphatic carbocycles. The molecule has 1 aromatic heterocycles. The number of rotatable bonds is 9. The Labute approximate surface area is 216 Å². The molecule has 1 saturated heterocycles. The van der Waals surface area contributed by atoms with E-state index in [1.165, 1.54) is 4.90 Å². The fraction of sp³-hybridized carbons (Fsp3) is 0.577. The lowest BCUT2D eigenvalue weighted by Gasteiger charge is -2.34. The summed E-state index contributed by atoms with van der Waals surface area (Å²) in [5, 5.41) is 24.2. The number of aliphatic hydroxyl groups excluding tert-OH is 1. The van der Waals surface area contributed by atoms with Crippen LogP contribution in [0.15, 0.2) is 30.5 Å². The van der Waals surface area contributed by atoms with Crippen LogP contribution in [0, 0.1) is 5.41 Å². The summed E-state index contributed by atoms with van der Waals surface area (Å²) in [7, 11) is 1.58. The second-order valence-electron chi connectivity index (χ2n) is 10.9. The number of benzene rings is 1. The van der Waals surface area contributed by atoms with Crippen LogP contribution in [-0.4, -0.2) is 75.1 Å². The van der Waals surface area contributed by atoms with Gasteiger partial charge in [-0.25, -0.2) is 4.68 Å². The molecule has 0 unspecified atom stereocenters. The summed E-state index contributed by atoms with van der Waals surface area (Å²) in [5.74, 6) is -0.0215. The van der Waals surface area contributed by atoms with Crippen molar-refractivity contribution >= 4 is 17.7 Å². The summed E-state index contributed by atoms with van der Waals surface area (Å²) in [6.45, 7) is 5.91. The second kappa shape index (κ2) is 10.9. The van der Waals surface area contributed by atoms with E-state index in [1.807, 2.05) is 39.1 Å². The number of methoxy groups -OCH3 is 1. The van der Waals surface area contributed by atoms with Crippen molar-refractivity contribution in [3.8, 4) is 5.75 Å². The zero-order chi connectivity index (χ0) is 26.7. The van der Waals surface area contributed by atoms with Crippen molar-refractivity contribution in [3.63, 3.8) is 0 Å². The van der Waals surface area contributed by atoms with Crippen LogP contribution in [0.4, 0.5) is 0 Å². The van der Waals surface area contributed by atoms with E-state index in [9.17, 15) is 19.5 Å². The Kier molecular flexibility index (Phi) is 7.82. The van der Waals surface area contributed by atoms with Crippen LogP contribution in [0.3, 0.4) is 0 Å². The summed E-state index contributed by atoms with van der Waals surface area (Å²) in [4.78, 5) is 40.5. The smallest absolute Gasteiger partial charge is 0.248 e.